The predicted octanol–water partition coefficient (Wildman–Crippen LogP) is 1.06. The molecule has 0 aliphatic rings. The van der Waals surface area contributed by atoms with Gasteiger partial charge in [-0.2, -0.15) is 0 Å². The standard InChI is InChI=1S/C19H24N2O4S/c1-14-8-9-18(25-3)15(10-14)12-21(2)13-19(22)20-16-6-5-7-17(11-16)26(4,23)24/h5-11H,12-13H2,1-4H3,(H,20,22)/p+1. The van der Waals surface area contributed by atoms with E-state index in [0.717, 1.165) is 28.0 Å². The molecule has 0 radical (unpaired) electrons. The van der Waals surface area contributed by atoms with Crippen LogP contribution in [0, 0.1) is 6.92 Å². The molecule has 1 unspecified atom stereocenters. The molecule has 0 spiro atoms. The molecule has 1 atom stereocenters. The van der Waals surface area contributed by atoms with Gasteiger partial charge in [-0.05, 0) is 37.3 Å². The zero-order chi connectivity index (χ0) is 19.3. The molecule has 2 rings (SSSR count). The van der Waals surface area contributed by atoms with Gasteiger partial charge in [-0.1, -0.05) is 17.7 Å². The molecule has 2 aromatic rings. The third-order valence-corrected chi connectivity index (χ3v) is 5.05. The van der Waals surface area contributed by atoms with Gasteiger partial charge in [0.25, 0.3) is 5.91 Å². The van der Waals surface area contributed by atoms with Crippen LogP contribution in [0.3, 0.4) is 0 Å². The number of methoxy groups -OCH3 is 1. The monoisotopic (exact) mass is 377 g/mol. The lowest BCUT2D eigenvalue weighted by atomic mass is 10.1. The lowest BCUT2D eigenvalue weighted by Gasteiger charge is -2.16. The number of quaternary nitrogens is 1. The van der Waals surface area contributed by atoms with Crippen LogP contribution in [0.4, 0.5) is 5.69 Å². The fourth-order valence-electron chi connectivity index (χ4n) is 2.72. The molecule has 6 nitrogen and oxygen atoms in total. The van der Waals surface area contributed by atoms with E-state index in [1.54, 1.807) is 19.2 Å². The maximum atomic E-state index is 12.3. The summed E-state index contributed by atoms with van der Waals surface area (Å²) in [6.45, 7) is 2.90. The van der Waals surface area contributed by atoms with Crippen LogP contribution in [0.25, 0.3) is 0 Å². The van der Waals surface area contributed by atoms with Gasteiger partial charge in [-0.25, -0.2) is 8.42 Å². The summed E-state index contributed by atoms with van der Waals surface area (Å²) in [5, 5.41) is 2.76. The molecule has 0 fully saturated rings. The Morgan fingerprint density at radius 3 is 2.58 bits per heavy atom. The van der Waals surface area contributed by atoms with Crippen LogP contribution in [-0.2, 0) is 21.2 Å². The largest absolute Gasteiger partial charge is 0.496 e. The number of anilines is 1. The van der Waals surface area contributed by atoms with Gasteiger partial charge in [0.05, 0.1) is 19.1 Å². The van der Waals surface area contributed by atoms with Crippen molar-refractivity contribution in [1.29, 1.82) is 0 Å². The van der Waals surface area contributed by atoms with Crippen molar-refractivity contribution in [1.82, 2.24) is 0 Å². The molecule has 0 aliphatic heterocycles. The van der Waals surface area contributed by atoms with E-state index in [2.05, 4.69) is 11.4 Å². The number of rotatable bonds is 7. The van der Waals surface area contributed by atoms with Crippen LogP contribution in [0.1, 0.15) is 11.1 Å². The van der Waals surface area contributed by atoms with Crippen LogP contribution in [0.5, 0.6) is 5.75 Å². The zero-order valence-electron chi connectivity index (χ0n) is 15.5. The van der Waals surface area contributed by atoms with E-state index in [9.17, 15) is 13.2 Å². The Kier molecular flexibility index (Phi) is 6.39. The zero-order valence-corrected chi connectivity index (χ0v) is 16.3. The van der Waals surface area contributed by atoms with Crippen LogP contribution >= 0.6 is 0 Å². The number of aryl methyl sites for hydroxylation is 1. The van der Waals surface area contributed by atoms with Crippen molar-refractivity contribution in [3.63, 3.8) is 0 Å². The Morgan fingerprint density at radius 1 is 1.19 bits per heavy atom. The Morgan fingerprint density at radius 2 is 1.92 bits per heavy atom. The number of likely N-dealkylation sites (N-methyl/N-ethyl adjacent to an activating group) is 1. The minimum absolute atomic E-state index is 0.181. The van der Waals surface area contributed by atoms with Gasteiger partial charge in [-0.3, -0.25) is 4.79 Å². The average molecular weight is 377 g/mol. The number of sulfone groups is 1. The number of amides is 1. The van der Waals surface area contributed by atoms with E-state index in [-0.39, 0.29) is 17.3 Å². The number of carbonyl (C=O) groups excluding carboxylic acids is 1. The fraction of sp³-hybridized carbons (Fsp3) is 0.316. The Bertz CT molecular complexity index is 894. The second kappa shape index (κ2) is 8.33. The lowest BCUT2D eigenvalue weighted by Crippen LogP contribution is -3.08. The molecule has 0 bridgehead atoms. The summed E-state index contributed by atoms with van der Waals surface area (Å²) >= 11 is 0. The Balaban J connectivity index is 2.01. The van der Waals surface area contributed by atoms with Crippen molar-refractivity contribution >= 4 is 21.4 Å². The topological polar surface area (TPSA) is 76.9 Å². The van der Waals surface area contributed by atoms with Crippen molar-refractivity contribution in [3.05, 3.63) is 53.6 Å². The molecule has 2 N–H and O–H groups in total. The molecule has 1 amide bonds. The highest BCUT2D eigenvalue weighted by molar-refractivity contribution is 7.90. The third kappa shape index (κ3) is 5.57. The van der Waals surface area contributed by atoms with Crippen molar-refractivity contribution in [2.45, 2.75) is 18.4 Å². The van der Waals surface area contributed by atoms with Crippen LogP contribution in [0.2, 0.25) is 0 Å². The molecule has 0 aliphatic carbocycles. The van der Waals surface area contributed by atoms with Crippen LogP contribution in [-0.4, -0.2) is 41.3 Å². The van der Waals surface area contributed by atoms with Crippen LogP contribution < -0.4 is 15.0 Å². The number of nitrogens with one attached hydrogen (secondary N) is 2. The van der Waals surface area contributed by atoms with E-state index >= 15 is 0 Å². The van der Waals surface area contributed by atoms with Crippen molar-refractivity contribution < 1.29 is 22.8 Å². The summed E-state index contributed by atoms with van der Waals surface area (Å²) in [6, 6.07) is 12.2. The molecule has 0 aromatic heterocycles. The molecular formula is C19H25N2O4S+. The van der Waals surface area contributed by atoms with E-state index in [1.807, 2.05) is 26.1 Å². The molecule has 140 valence electrons. The average Bonchev–Trinajstić information content (AvgIpc) is 2.54. The molecule has 26 heavy (non-hydrogen) atoms. The SMILES string of the molecule is COc1ccc(C)cc1C[NH+](C)CC(=O)Nc1cccc(S(C)(=O)=O)c1. The highest BCUT2D eigenvalue weighted by Gasteiger charge is 2.15. The van der Waals surface area contributed by atoms with Crippen molar-refractivity contribution in [2.24, 2.45) is 0 Å². The summed E-state index contributed by atoms with van der Waals surface area (Å²) in [5.41, 5.74) is 2.64. The fourth-order valence-corrected chi connectivity index (χ4v) is 3.38. The van der Waals surface area contributed by atoms with Crippen molar-refractivity contribution in [2.75, 3.05) is 32.3 Å². The molecule has 0 saturated carbocycles. The molecular weight excluding hydrogens is 352 g/mol. The summed E-state index contributed by atoms with van der Waals surface area (Å²) in [6.07, 6.45) is 1.14. The van der Waals surface area contributed by atoms with E-state index in [4.69, 9.17) is 4.74 Å². The van der Waals surface area contributed by atoms with Gasteiger partial charge >= 0.3 is 0 Å². The molecule has 0 saturated heterocycles. The first kappa shape index (κ1) is 19.9. The number of ether oxygens (including phenoxy) is 1. The van der Waals surface area contributed by atoms with E-state index in [0.29, 0.717) is 12.2 Å². The molecule has 0 heterocycles. The van der Waals surface area contributed by atoms with Gasteiger partial charge in [0, 0.05) is 17.5 Å². The third-order valence-electron chi connectivity index (χ3n) is 3.94. The normalized spacial score (nSPS) is 12.5. The summed E-state index contributed by atoms with van der Waals surface area (Å²) in [4.78, 5) is 13.5. The maximum absolute atomic E-state index is 12.3. The highest BCUT2D eigenvalue weighted by atomic mass is 32.2. The van der Waals surface area contributed by atoms with Gasteiger partial charge < -0.3 is 15.0 Å². The summed E-state index contributed by atoms with van der Waals surface area (Å²) in [5.74, 6) is 0.621. The first-order valence-electron chi connectivity index (χ1n) is 8.24. The number of hydrogen-bond acceptors (Lipinski definition) is 4. The number of benzene rings is 2. The summed E-state index contributed by atoms with van der Waals surface area (Å²) in [7, 11) is 0.248. The highest BCUT2D eigenvalue weighted by Crippen LogP contribution is 2.18. The Labute approximate surface area is 154 Å². The molecule has 2 aromatic carbocycles. The quantitative estimate of drug-likeness (QED) is 0.757. The van der Waals surface area contributed by atoms with Crippen molar-refractivity contribution in [3.8, 4) is 5.75 Å². The first-order chi connectivity index (χ1) is 12.2. The predicted molar refractivity (Wildman–Crippen MR) is 101 cm³/mol. The second-order valence-electron chi connectivity index (χ2n) is 6.47. The van der Waals surface area contributed by atoms with Gasteiger partial charge in [0.15, 0.2) is 16.4 Å². The minimum atomic E-state index is -3.31. The van der Waals surface area contributed by atoms with Gasteiger partial charge in [-0.15, -0.1) is 0 Å². The van der Waals surface area contributed by atoms with Crippen LogP contribution in [0.15, 0.2) is 47.4 Å². The smallest absolute Gasteiger partial charge is 0.279 e. The second-order valence-corrected chi connectivity index (χ2v) is 8.49. The van der Waals surface area contributed by atoms with Gasteiger partial charge in [0.2, 0.25) is 0 Å². The summed E-state index contributed by atoms with van der Waals surface area (Å²) < 4.78 is 28.6. The lowest BCUT2D eigenvalue weighted by molar-refractivity contribution is -0.885. The Hall–Kier alpha value is -2.38. The maximum Gasteiger partial charge on any atom is 0.279 e. The molecule has 7 heteroatoms. The minimum Gasteiger partial charge on any atom is -0.496 e. The van der Waals surface area contributed by atoms with Gasteiger partial charge in [0.1, 0.15) is 12.3 Å². The first-order valence-corrected chi connectivity index (χ1v) is 10.1. The van der Waals surface area contributed by atoms with E-state index in [1.165, 1.54) is 12.1 Å². The number of hydrogen-bond donors (Lipinski definition) is 2. The van der Waals surface area contributed by atoms with E-state index < -0.39 is 9.84 Å². The number of carbonyl (C=O) groups is 1.